The van der Waals surface area contributed by atoms with Crippen LogP contribution in [0.5, 0.6) is 5.75 Å². The summed E-state index contributed by atoms with van der Waals surface area (Å²) in [6.45, 7) is 0. The first-order valence-corrected chi connectivity index (χ1v) is 9.00. The smallest absolute Gasteiger partial charge is 0.416 e. The Balaban J connectivity index is 1.65. The highest BCUT2D eigenvalue weighted by Crippen LogP contribution is 2.30. The summed E-state index contributed by atoms with van der Waals surface area (Å²) in [6.07, 6.45) is -2.97. The maximum atomic E-state index is 12.8. The first kappa shape index (κ1) is 19.7. The lowest BCUT2D eigenvalue weighted by atomic mass is 10.2. The minimum Gasteiger partial charge on any atom is -0.497 e. The molecule has 1 N–H and O–H groups in total. The summed E-state index contributed by atoms with van der Waals surface area (Å²) in [4.78, 5) is 12.1. The minimum atomic E-state index is -4.47. The number of thioether (sulfide) groups is 1. The predicted octanol–water partition coefficient (Wildman–Crippen LogP) is 4.03. The number of carbonyl (C=O) groups is 1. The zero-order chi connectivity index (χ0) is 20.1. The Kier molecular flexibility index (Phi) is 5.88. The van der Waals surface area contributed by atoms with Crippen molar-refractivity contribution in [2.45, 2.75) is 11.3 Å². The largest absolute Gasteiger partial charge is 0.497 e. The van der Waals surface area contributed by atoms with Crippen molar-refractivity contribution in [2.75, 3.05) is 18.2 Å². The number of carbonyl (C=O) groups excluding carboxylic acids is 1. The Hall–Kier alpha value is -3.01. The molecule has 0 aliphatic carbocycles. The molecule has 6 nitrogen and oxygen atoms in total. The van der Waals surface area contributed by atoms with E-state index in [0.717, 1.165) is 29.6 Å². The fourth-order valence-corrected chi connectivity index (χ4v) is 3.09. The van der Waals surface area contributed by atoms with Crippen LogP contribution in [0, 0.1) is 0 Å². The molecule has 0 unspecified atom stereocenters. The Morgan fingerprint density at radius 3 is 2.75 bits per heavy atom. The highest BCUT2D eigenvalue weighted by Gasteiger charge is 2.30. The van der Waals surface area contributed by atoms with Crippen molar-refractivity contribution in [3.05, 3.63) is 60.4 Å². The van der Waals surface area contributed by atoms with Gasteiger partial charge < -0.3 is 10.1 Å². The number of alkyl halides is 3. The Labute approximate surface area is 162 Å². The van der Waals surface area contributed by atoms with E-state index in [0.29, 0.717) is 10.9 Å². The third kappa shape index (κ3) is 4.83. The van der Waals surface area contributed by atoms with Crippen molar-refractivity contribution in [2.24, 2.45) is 0 Å². The molecule has 0 bridgehead atoms. The van der Waals surface area contributed by atoms with E-state index in [2.05, 4.69) is 15.5 Å². The lowest BCUT2D eigenvalue weighted by Gasteiger charge is -2.10. The molecule has 0 aliphatic heterocycles. The van der Waals surface area contributed by atoms with Gasteiger partial charge in [-0.1, -0.05) is 23.9 Å². The number of methoxy groups -OCH3 is 1. The van der Waals surface area contributed by atoms with Crippen LogP contribution in [0.2, 0.25) is 0 Å². The van der Waals surface area contributed by atoms with Crippen LogP contribution in [0.25, 0.3) is 5.69 Å². The van der Waals surface area contributed by atoms with E-state index in [1.807, 2.05) is 12.1 Å². The van der Waals surface area contributed by atoms with E-state index >= 15 is 0 Å². The number of nitrogens with zero attached hydrogens (tertiary/aromatic N) is 3. The zero-order valence-electron chi connectivity index (χ0n) is 14.6. The summed E-state index contributed by atoms with van der Waals surface area (Å²) in [5.74, 6) is 0.160. The van der Waals surface area contributed by atoms with E-state index in [4.69, 9.17) is 4.74 Å². The molecule has 10 heteroatoms. The Morgan fingerprint density at radius 1 is 1.21 bits per heavy atom. The van der Waals surface area contributed by atoms with Crippen LogP contribution >= 0.6 is 11.8 Å². The van der Waals surface area contributed by atoms with Crippen LogP contribution in [0.4, 0.5) is 18.9 Å². The summed E-state index contributed by atoms with van der Waals surface area (Å²) in [5.41, 5.74) is 0.00976. The van der Waals surface area contributed by atoms with Crippen molar-refractivity contribution in [3.63, 3.8) is 0 Å². The number of halogens is 3. The first-order valence-electron chi connectivity index (χ1n) is 8.01. The van der Waals surface area contributed by atoms with Crippen LogP contribution in [0.3, 0.4) is 0 Å². The maximum Gasteiger partial charge on any atom is 0.416 e. The fraction of sp³-hybridized carbons (Fsp3) is 0.167. The molecule has 0 atom stereocenters. The van der Waals surface area contributed by atoms with Crippen LogP contribution in [0.15, 0.2) is 60.0 Å². The number of rotatable bonds is 6. The molecule has 0 fully saturated rings. The van der Waals surface area contributed by atoms with Gasteiger partial charge in [0.05, 0.1) is 24.1 Å². The van der Waals surface area contributed by atoms with Gasteiger partial charge in [-0.15, -0.1) is 10.2 Å². The third-order valence-electron chi connectivity index (χ3n) is 3.65. The molecule has 28 heavy (non-hydrogen) atoms. The molecule has 0 spiro atoms. The van der Waals surface area contributed by atoms with Gasteiger partial charge in [0.15, 0.2) is 5.16 Å². The van der Waals surface area contributed by atoms with Gasteiger partial charge in [-0.05, 0) is 30.3 Å². The topological polar surface area (TPSA) is 69.0 Å². The molecule has 3 rings (SSSR count). The monoisotopic (exact) mass is 408 g/mol. The molecule has 1 heterocycles. The summed E-state index contributed by atoms with van der Waals surface area (Å²) >= 11 is 1.11. The molecule has 146 valence electrons. The van der Waals surface area contributed by atoms with Crippen molar-refractivity contribution in [1.29, 1.82) is 0 Å². The standard InChI is InChI=1S/C18H15F3N4O2S/c1-27-15-7-3-6-14(9-15)25-11-22-24-17(25)28-10-16(26)23-13-5-2-4-12(8-13)18(19,20)21/h2-9,11H,10H2,1H3,(H,23,26). The van der Waals surface area contributed by atoms with Crippen LogP contribution in [0.1, 0.15) is 5.56 Å². The molecule has 0 saturated carbocycles. The predicted molar refractivity (Wildman–Crippen MR) is 98.7 cm³/mol. The number of aromatic nitrogens is 3. The van der Waals surface area contributed by atoms with Crippen molar-refractivity contribution in [3.8, 4) is 11.4 Å². The molecule has 1 aromatic heterocycles. The number of benzene rings is 2. The lowest BCUT2D eigenvalue weighted by molar-refractivity contribution is -0.137. The van der Waals surface area contributed by atoms with Gasteiger partial charge in [-0.25, -0.2) is 0 Å². The molecular formula is C18H15F3N4O2S. The number of hydrogen-bond acceptors (Lipinski definition) is 5. The highest BCUT2D eigenvalue weighted by molar-refractivity contribution is 7.99. The molecular weight excluding hydrogens is 393 g/mol. The lowest BCUT2D eigenvalue weighted by Crippen LogP contribution is -2.15. The van der Waals surface area contributed by atoms with E-state index in [1.54, 1.807) is 23.8 Å². The third-order valence-corrected chi connectivity index (χ3v) is 4.60. The van der Waals surface area contributed by atoms with Gasteiger partial charge in [-0.2, -0.15) is 13.2 Å². The number of anilines is 1. The van der Waals surface area contributed by atoms with Crippen molar-refractivity contribution in [1.82, 2.24) is 14.8 Å². The summed E-state index contributed by atoms with van der Waals surface area (Å²) in [6, 6.07) is 11.7. The van der Waals surface area contributed by atoms with E-state index in [1.165, 1.54) is 18.5 Å². The maximum absolute atomic E-state index is 12.8. The average Bonchev–Trinajstić information content (AvgIpc) is 3.14. The van der Waals surface area contributed by atoms with Gasteiger partial charge in [0.25, 0.3) is 0 Å². The number of nitrogens with one attached hydrogen (secondary N) is 1. The Morgan fingerprint density at radius 2 is 2.00 bits per heavy atom. The normalized spacial score (nSPS) is 11.3. The second kappa shape index (κ2) is 8.34. The molecule has 0 aliphatic rings. The molecule has 1 amide bonds. The number of amides is 1. The van der Waals surface area contributed by atoms with Gasteiger partial charge in [0.2, 0.25) is 5.91 Å². The Bertz CT molecular complexity index is 975. The molecule has 0 radical (unpaired) electrons. The van der Waals surface area contributed by atoms with Crippen molar-refractivity contribution >= 4 is 23.4 Å². The van der Waals surface area contributed by atoms with Gasteiger partial charge >= 0.3 is 6.18 Å². The SMILES string of the molecule is COc1cccc(-n2cnnc2SCC(=O)Nc2cccc(C(F)(F)F)c2)c1. The minimum absolute atomic E-state index is 0.0428. The van der Waals surface area contributed by atoms with Gasteiger partial charge in [0, 0.05) is 11.8 Å². The highest BCUT2D eigenvalue weighted by atomic mass is 32.2. The zero-order valence-corrected chi connectivity index (χ0v) is 15.4. The van der Waals surface area contributed by atoms with Crippen LogP contribution < -0.4 is 10.1 Å². The second-order valence-corrected chi connectivity index (χ2v) is 6.54. The summed E-state index contributed by atoms with van der Waals surface area (Å²) in [7, 11) is 1.55. The molecule has 0 saturated heterocycles. The summed E-state index contributed by atoms with van der Waals surface area (Å²) < 4.78 is 45.1. The van der Waals surface area contributed by atoms with E-state index < -0.39 is 17.6 Å². The second-order valence-electron chi connectivity index (χ2n) is 5.60. The van der Waals surface area contributed by atoms with Gasteiger partial charge in [-0.3, -0.25) is 9.36 Å². The van der Waals surface area contributed by atoms with Crippen molar-refractivity contribution < 1.29 is 22.7 Å². The summed E-state index contributed by atoms with van der Waals surface area (Å²) in [5, 5.41) is 10.8. The van der Waals surface area contributed by atoms with E-state index in [-0.39, 0.29) is 11.4 Å². The fourth-order valence-electron chi connectivity index (χ4n) is 2.36. The van der Waals surface area contributed by atoms with E-state index in [9.17, 15) is 18.0 Å². The molecule has 2 aromatic carbocycles. The quantitative estimate of drug-likeness (QED) is 0.624. The first-order chi connectivity index (χ1) is 13.4. The number of hydrogen-bond donors (Lipinski definition) is 1. The van der Waals surface area contributed by atoms with Crippen LogP contribution in [-0.2, 0) is 11.0 Å². The number of ether oxygens (including phenoxy) is 1. The van der Waals surface area contributed by atoms with Crippen LogP contribution in [-0.4, -0.2) is 33.5 Å². The molecule has 3 aromatic rings. The van der Waals surface area contributed by atoms with Gasteiger partial charge in [0.1, 0.15) is 12.1 Å². The average molecular weight is 408 g/mol.